The predicted molar refractivity (Wildman–Crippen MR) is 144 cm³/mol. The van der Waals surface area contributed by atoms with Crippen molar-refractivity contribution < 1.29 is 38.5 Å². The number of rotatable bonds is 18. The Labute approximate surface area is 226 Å². The van der Waals surface area contributed by atoms with Crippen molar-refractivity contribution >= 4 is 23.9 Å². The van der Waals surface area contributed by atoms with Crippen LogP contribution in [0.5, 0.6) is 11.5 Å². The van der Waals surface area contributed by atoms with E-state index >= 15 is 0 Å². The van der Waals surface area contributed by atoms with Crippen molar-refractivity contribution in [3.05, 3.63) is 23.8 Å². The molecule has 9 nitrogen and oxygen atoms in total. The van der Waals surface area contributed by atoms with E-state index in [4.69, 9.17) is 19.9 Å². The normalized spacial score (nSPS) is 14.2. The fourth-order valence-electron chi connectivity index (χ4n) is 3.85. The van der Waals surface area contributed by atoms with Crippen LogP contribution < -0.4 is 15.2 Å². The van der Waals surface area contributed by atoms with Crippen LogP contribution in [-0.4, -0.2) is 41.1 Å². The number of hydrogen-bond acceptors (Lipinski definition) is 8. The average molecular weight is 536 g/mol. The molecule has 0 aliphatic rings. The number of ether oxygens (including phenoxy) is 3. The number of nitrogens with two attached hydrogens (primary N) is 1. The molecule has 214 valence electrons. The summed E-state index contributed by atoms with van der Waals surface area (Å²) in [6.07, 6.45) is 5.58. The minimum absolute atomic E-state index is 0.0275. The highest BCUT2D eigenvalue weighted by Gasteiger charge is 2.30. The SMILES string of the molecule is CCCCCC(=O)Oc1ccc(C(CC(C)OC(=O)C(C)CC)[C@H](N)C(=O)O)cc1OC(=O)CCCCC. The molecule has 1 rings (SSSR count). The topological polar surface area (TPSA) is 142 Å². The van der Waals surface area contributed by atoms with Gasteiger partial charge in [-0.3, -0.25) is 19.2 Å². The molecule has 0 fully saturated rings. The number of unbranched alkanes of at least 4 members (excludes halogenated alkanes) is 4. The molecule has 0 bridgehead atoms. The molecule has 0 saturated carbocycles. The first-order valence-electron chi connectivity index (χ1n) is 13.8. The summed E-state index contributed by atoms with van der Waals surface area (Å²) < 4.78 is 16.6. The van der Waals surface area contributed by atoms with E-state index in [1.807, 2.05) is 20.8 Å². The Balaban J connectivity index is 3.27. The molecule has 0 heterocycles. The molecule has 9 heteroatoms. The summed E-state index contributed by atoms with van der Waals surface area (Å²) >= 11 is 0. The van der Waals surface area contributed by atoms with E-state index in [1.54, 1.807) is 19.9 Å². The van der Waals surface area contributed by atoms with Crippen molar-refractivity contribution in [3.63, 3.8) is 0 Å². The van der Waals surface area contributed by atoms with E-state index in [0.29, 0.717) is 24.8 Å². The Hall–Kier alpha value is -2.94. The third-order valence-electron chi connectivity index (χ3n) is 6.45. The minimum atomic E-state index is -1.31. The van der Waals surface area contributed by atoms with Gasteiger partial charge in [0.05, 0.1) is 12.0 Å². The van der Waals surface area contributed by atoms with Crippen LogP contribution in [0.1, 0.15) is 110 Å². The van der Waals surface area contributed by atoms with Gasteiger partial charge in [-0.25, -0.2) is 0 Å². The van der Waals surface area contributed by atoms with Crippen LogP contribution >= 0.6 is 0 Å². The highest BCUT2D eigenvalue weighted by molar-refractivity contribution is 5.77. The lowest BCUT2D eigenvalue weighted by Crippen LogP contribution is -2.38. The van der Waals surface area contributed by atoms with Gasteiger partial charge in [-0.1, -0.05) is 59.4 Å². The van der Waals surface area contributed by atoms with E-state index in [-0.39, 0.29) is 42.6 Å². The molecule has 3 N–H and O–H groups in total. The second-order valence-corrected chi connectivity index (χ2v) is 9.83. The fraction of sp³-hybridized carbons (Fsp3) is 0.655. The van der Waals surface area contributed by atoms with Crippen molar-refractivity contribution in [3.8, 4) is 11.5 Å². The fourth-order valence-corrected chi connectivity index (χ4v) is 3.85. The number of carbonyl (C=O) groups excluding carboxylic acids is 3. The van der Waals surface area contributed by atoms with E-state index in [2.05, 4.69) is 0 Å². The number of carboxylic acid groups (broad SMARTS) is 1. The Morgan fingerprint density at radius 3 is 1.92 bits per heavy atom. The van der Waals surface area contributed by atoms with Gasteiger partial charge < -0.3 is 25.1 Å². The molecule has 0 aliphatic carbocycles. The lowest BCUT2D eigenvalue weighted by atomic mass is 9.87. The lowest BCUT2D eigenvalue weighted by molar-refractivity contribution is -0.153. The zero-order valence-corrected chi connectivity index (χ0v) is 23.5. The number of esters is 3. The number of aliphatic carboxylic acids is 1. The first kappa shape index (κ1) is 33.1. The van der Waals surface area contributed by atoms with E-state index in [9.17, 15) is 24.3 Å². The average Bonchev–Trinajstić information content (AvgIpc) is 2.87. The molecular weight excluding hydrogens is 490 g/mol. The maximum Gasteiger partial charge on any atom is 0.321 e. The Morgan fingerprint density at radius 2 is 1.42 bits per heavy atom. The third-order valence-corrected chi connectivity index (χ3v) is 6.45. The maximum atomic E-state index is 12.5. The monoisotopic (exact) mass is 535 g/mol. The Morgan fingerprint density at radius 1 is 0.868 bits per heavy atom. The second kappa shape index (κ2) is 17.5. The largest absolute Gasteiger partial charge is 0.480 e. The van der Waals surface area contributed by atoms with Crippen LogP contribution in [0.15, 0.2) is 18.2 Å². The molecule has 0 aliphatic heterocycles. The summed E-state index contributed by atoms with van der Waals surface area (Å²) in [5.74, 6) is -3.45. The van der Waals surface area contributed by atoms with Crippen molar-refractivity contribution in [2.24, 2.45) is 11.7 Å². The maximum absolute atomic E-state index is 12.5. The van der Waals surface area contributed by atoms with Gasteiger partial charge in [-0.05, 0) is 50.3 Å². The van der Waals surface area contributed by atoms with E-state index in [1.165, 1.54) is 12.1 Å². The minimum Gasteiger partial charge on any atom is -0.480 e. The Kier molecular flexibility index (Phi) is 15.3. The predicted octanol–water partition coefficient (Wildman–Crippen LogP) is 5.52. The third kappa shape index (κ3) is 11.6. The summed E-state index contributed by atoms with van der Waals surface area (Å²) in [7, 11) is 0. The standard InChI is InChI=1S/C29H45NO8/c1-6-9-11-13-25(31)37-23-16-15-21(18-24(23)38-26(32)14-12-10-7-2)22(27(30)28(33)34)17-20(5)36-29(35)19(4)8-3/h15-16,18-20,22,27H,6-14,17,30H2,1-5H3,(H,33,34)/t19?,20?,22?,27-/m0/s1. The van der Waals surface area contributed by atoms with Gasteiger partial charge in [-0.2, -0.15) is 0 Å². The summed E-state index contributed by atoms with van der Waals surface area (Å²) in [5, 5.41) is 9.66. The quantitative estimate of drug-likeness (QED) is 0.141. The molecule has 1 aromatic rings. The molecule has 0 aromatic heterocycles. The summed E-state index contributed by atoms with van der Waals surface area (Å²) in [4.78, 5) is 49.0. The zero-order chi connectivity index (χ0) is 28.7. The molecule has 3 unspecified atom stereocenters. The van der Waals surface area contributed by atoms with Gasteiger partial charge in [0.15, 0.2) is 11.5 Å². The summed E-state index contributed by atoms with van der Waals surface area (Å²) in [6, 6.07) is 3.26. The van der Waals surface area contributed by atoms with E-state index < -0.39 is 36.0 Å². The van der Waals surface area contributed by atoms with E-state index in [0.717, 1.165) is 25.7 Å². The molecule has 1 aromatic carbocycles. The number of carboxylic acids is 1. The number of benzene rings is 1. The molecular formula is C29H45NO8. The summed E-state index contributed by atoms with van der Waals surface area (Å²) in [6.45, 7) is 9.38. The van der Waals surface area contributed by atoms with Crippen molar-refractivity contribution in [2.75, 3.05) is 0 Å². The molecule has 4 atom stereocenters. The van der Waals surface area contributed by atoms with Crippen LogP contribution in [0.4, 0.5) is 0 Å². The van der Waals surface area contributed by atoms with Crippen LogP contribution in [-0.2, 0) is 23.9 Å². The van der Waals surface area contributed by atoms with Crippen molar-refractivity contribution in [1.29, 1.82) is 0 Å². The van der Waals surface area contributed by atoms with Crippen LogP contribution in [0, 0.1) is 5.92 Å². The van der Waals surface area contributed by atoms with Crippen molar-refractivity contribution in [2.45, 2.75) is 117 Å². The highest BCUT2D eigenvalue weighted by Crippen LogP contribution is 2.35. The number of carbonyl (C=O) groups is 4. The van der Waals surface area contributed by atoms with Gasteiger partial charge >= 0.3 is 23.9 Å². The zero-order valence-electron chi connectivity index (χ0n) is 23.5. The van der Waals surface area contributed by atoms with Crippen molar-refractivity contribution in [1.82, 2.24) is 0 Å². The van der Waals surface area contributed by atoms with Gasteiger partial charge in [0.2, 0.25) is 0 Å². The first-order chi connectivity index (χ1) is 18.0. The summed E-state index contributed by atoms with van der Waals surface area (Å²) in [5.41, 5.74) is 6.51. The molecule has 0 spiro atoms. The molecule has 0 radical (unpaired) electrons. The molecule has 0 amide bonds. The van der Waals surface area contributed by atoms with Gasteiger partial charge in [0.25, 0.3) is 0 Å². The van der Waals surface area contributed by atoms with Crippen LogP contribution in [0.3, 0.4) is 0 Å². The van der Waals surface area contributed by atoms with Gasteiger partial charge in [0.1, 0.15) is 6.04 Å². The van der Waals surface area contributed by atoms with Crippen LogP contribution in [0.25, 0.3) is 0 Å². The number of hydrogen-bond donors (Lipinski definition) is 2. The highest BCUT2D eigenvalue weighted by atomic mass is 16.6. The smallest absolute Gasteiger partial charge is 0.321 e. The van der Waals surface area contributed by atoms with Gasteiger partial charge in [-0.15, -0.1) is 0 Å². The lowest BCUT2D eigenvalue weighted by Gasteiger charge is -2.26. The van der Waals surface area contributed by atoms with Crippen LogP contribution in [0.2, 0.25) is 0 Å². The first-order valence-corrected chi connectivity index (χ1v) is 13.8. The molecule has 0 saturated heterocycles. The molecule has 38 heavy (non-hydrogen) atoms. The Bertz CT molecular complexity index is 916. The second-order valence-electron chi connectivity index (χ2n) is 9.83. The van der Waals surface area contributed by atoms with Gasteiger partial charge in [0, 0.05) is 18.8 Å².